The summed E-state index contributed by atoms with van der Waals surface area (Å²) >= 11 is 0. The molecule has 0 aromatic heterocycles. The Morgan fingerprint density at radius 2 is 1.93 bits per heavy atom. The number of hydrogen-bond donors (Lipinski definition) is 2. The topological polar surface area (TPSA) is 43.7 Å². The third-order valence-electron chi connectivity index (χ3n) is 2.16. The monoisotopic (exact) mass is 213 g/mol. The van der Waals surface area contributed by atoms with Crippen LogP contribution in [0.25, 0.3) is 0 Å². The summed E-state index contributed by atoms with van der Waals surface area (Å²) in [6, 6.07) is -4.58. The molecule has 0 amide bonds. The lowest BCUT2D eigenvalue weighted by molar-refractivity contribution is -0.272. The van der Waals surface area contributed by atoms with Crippen molar-refractivity contribution in [2.45, 2.75) is 25.0 Å². The van der Waals surface area contributed by atoms with Crippen molar-refractivity contribution in [2.75, 3.05) is 0 Å². The van der Waals surface area contributed by atoms with Crippen molar-refractivity contribution in [3.63, 3.8) is 0 Å². The highest BCUT2D eigenvalue weighted by molar-refractivity contribution is 6.45. The van der Waals surface area contributed by atoms with Gasteiger partial charge in [-0.05, 0) is 6.92 Å². The van der Waals surface area contributed by atoms with E-state index in [4.69, 9.17) is 10.0 Å². The standard InChI is InChI=1S/C6H8BF4NO2/c1-4-2-3-5(8,7(13)14)6(9,10)12(4)11/h2,13-14H,3H2,1H3. The fourth-order valence-electron chi connectivity index (χ4n) is 1.14. The maximum Gasteiger partial charge on any atom is 0.500 e. The highest BCUT2D eigenvalue weighted by Gasteiger charge is 2.67. The number of halogens is 4. The molecule has 0 spiro atoms. The predicted octanol–water partition coefficient (Wildman–Crippen LogP) is 0.794. The molecule has 14 heavy (non-hydrogen) atoms. The molecule has 1 heterocycles. The van der Waals surface area contributed by atoms with E-state index in [1.54, 1.807) is 0 Å². The molecule has 2 N–H and O–H groups in total. The fraction of sp³-hybridized carbons (Fsp3) is 0.667. The maximum absolute atomic E-state index is 13.3. The lowest BCUT2D eigenvalue weighted by Gasteiger charge is -2.39. The van der Waals surface area contributed by atoms with Crippen molar-refractivity contribution in [3.8, 4) is 0 Å². The third-order valence-corrected chi connectivity index (χ3v) is 2.16. The Balaban J connectivity index is 3.13. The lowest BCUT2D eigenvalue weighted by Crippen LogP contribution is -2.63. The third kappa shape index (κ3) is 1.29. The van der Waals surface area contributed by atoms with E-state index in [-0.39, 0.29) is 0 Å². The van der Waals surface area contributed by atoms with Gasteiger partial charge < -0.3 is 10.0 Å². The molecular weight excluding hydrogens is 205 g/mol. The quantitative estimate of drug-likeness (QED) is 0.293. The van der Waals surface area contributed by atoms with Crippen LogP contribution in [-0.4, -0.2) is 33.9 Å². The van der Waals surface area contributed by atoms with E-state index in [0.717, 1.165) is 13.0 Å². The molecule has 1 aliphatic rings. The van der Waals surface area contributed by atoms with Gasteiger partial charge >= 0.3 is 13.2 Å². The molecule has 3 nitrogen and oxygen atoms in total. The van der Waals surface area contributed by atoms with Crippen LogP contribution in [0.1, 0.15) is 13.3 Å². The first-order valence-electron chi connectivity index (χ1n) is 3.79. The minimum atomic E-state index is -4.58. The molecule has 0 saturated heterocycles. The number of hydrogen-bond acceptors (Lipinski definition) is 3. The van der Waals surface area contributed by atoms with Crippen LogP contribution in [0.5, 0.6) is 0 Å². The number of rotatable bonds is 1. The Morgan fingerprint density at radius 1 is 1.43 bits per heavy atom. The second-order valence-electron chi connectivity index (χ2n) is 3.11. The Morgan fingerprint density at radius 3 is 2.36 bits per heavy atom. The highest BCUT2D eigenvalue weighted by Crippen LogP contribution is 2.44. The van der Waals surface area contributed by atoms with E-state index >= 15 is 0 Å². The van der Waals surface area contributed by atoms with Gasteiger partial charge in [0.2, 0.25) is 5.57 Å². The second kappa shape index (κ2) is 3.13. The van der Waals surface area contributed by atoms with E-state index in [0.29, 0.717) is 0 Å². The largest absolute Gasteiger partial charge is 0.500 e. The van der Waals surface area contributed by atoms with E-state index in [1.807, 2.05) is 0 Å². The Kier molecular flexibility index (Phi) is 2.53. The Hall–Kier alpha value is -0.755. The van der Waals surface area contributed by atoms with Gasteiger partial charge in [0.25, 0.3) is 0 Å². The second-order valence-corrected chi connectivity index (χ2v) is 3.11. The maximum atomic E-state index is 13.3. The molecule has 1 aliphatic heterocycles. The van der Waals surface area contributed by atoms with E-state index in [1.165, 1.54) is 0 Å². The van der Waals surface area contributed by atoms with Gasteiger partial charge in [-0.3, -0.25) is 0 Å². The van der Waals surface area contributed by atoms with Crippen LogP contribution in [0.4, 0.5) is 17.7 Å². The van der Waals surface area contributed by atoms with Gasteiger partial charge in [0.1, 0.15) is 0 Å². The van der Waals surface area contributed by atoms with Gasteiger partial charge in [-0.25, -0.2) is 4.39 Å². The number of nitrogens with zero attached hydrogens (tertiary/aromatic N) is 1. The first-order chi connectivity index (χ1) is 6.23. The summed E-state index contributed by atoms with van der Waals surface area (Å²) in [6.45, 7) is 1.03. The Labute approximate surface area is 77.7 Å². The van der Waals surface area contributed by atoms with Gasteiger partial charge in [0.15, 0.2) is 0 Å². The van der Waals surface area contributed by atoms with Crippen LogP contribution in [0.3, 0.4) is 0 Å². The zero-order chi connectivity index (χ0) is 11.1. The van der Waals surface area contributed by atoms with Crippen molar-refractivity contribution in [1.82, 2.24) is 5.12 Å². The molecule has 0 saturated carbocycles. The average molecular weight is 213 g/mol. The summed E-state index contributed by atoms with van der Waals surface area (Å²) < 4.78 is 52.0. The van der Waals surface area contributed by atoms with Gasteiger partial charge in [0, 0.05) is 12.1 Å². The molecule has 0 fully saturated rings. The fourth-order valence-corrected chi connectivity index (χ4v) is 1.14. The summed E-state index contributed by atoms with van der Waals surface area (Å²) in [5.41, 5.74) is -4.19. The molecule has 0 aliphatic carbocycles. The van der Waals surface area contributed by atoms with Crippen LogP contribution >= 0.6 is 0 Å². The summed E-state index contributed by atoms with van der Waals surface area (Å²) in [7, 11) is -2.94. The molecule has 0 bridgehead atoms. The summed E-state index contributed by atoms with van der Waals surface area (Å²) in [5, 5.41) is 15.8. The molecule has 0 aromatic rings. The van der Waals surface area contributed by atoms with Crippen molar-refractivity contribution in [3.05, 3.63) is 11.8 Å². The molecule has 1 atom stereocenters. The zero-order valence-corrected chi connectivity index (χ0v) is 7.22. The van der Waals surface area contributed by atoms with Crippen molar-refractivity contribution >= 4 is 7.12 Å². The molecule has 1 rings (SSSR count). The summed E-state index contributed by atoms with van der Waals surface area (Å²) in [4.78, 5) is 0. The molecule has 0 aromatic carbocycles. The van der Waals surface area contributed by atoms with Crippen LogP contribution in [0.15, 0.2) is 11.8 Å². The average Bonchev–Trinajstić information content (AvgIpc) is 2.09. The van der Waals surface area contributed by atoms with E-state index < -0.39 is 36.0 Å². The lowest BCUT2D eigenvalue weighted by atomic mass is 9.64. The Bertz CT molecular complexity index is 273. The van der Waals surface area contributed by atoms with Crippen LogP contribution in [0.2, 0.25) is 0 Å². The summed E-state index contributed by atoms with van der Waals surface area (Å²) in [5.74, 6) is 0. The van der Waals surface area contributed by atoms with E-state index in [2.05, 4.69) is 0 Å². The minimum Gasteiger partial charge on any atom is -0.425 e. The highest BCUT2D eigenvalue weighted by atomic mass is 19.3. The normalized spacial score (nSPS) is 31.4. The van der Waals surface area contributed by atoms with Crippen molar-refractivity contribution in [2.24, 2.45) is 0 Å². The van der Waals surface area contributed by atoms with Crippen LogP contribution in [0, 0.1) is 0 Å². The van der Waals surface area contributed by atoms with E-state index in [9.17, 15) is 17.7 Å². The first-order valence-corrected chi connectivity index (χ1v) is 3.79. The SMILES string of the molecule is CC1=CCC(F)(B(O)O)C(F)(F)N1F. The molecule has 8 heteroatoms. The van der Waals surface area contributed by atoms with Crippen LogP contribution < -0.4 is 0 Å². The van der Waals surface area contributed by atoms with Gasteiger partial charge in [-0.15, -0.1) is 5.12 Å². The predicted molar refractivity (Wildman–Crippen MR) is 40.3 cm³/mol. The smallest absolute Gasteiger partial charge is 0.425 e. The van der Waals surface area contributed by atoms with Gasteiger partial charge in [-0.1, -0.05) is 10.6 Å². The van der Waals surface area contributed by atoms with Gasteiger partial charge in [-0.2, -0.15) is 8.78 Å². The molecule has 80 valence electrons. The number of alkyl halides is 3. The molecule has 0 radical (unpaired) electrons. The molecule has 1 unspecified atom stereocenters. The minimum absolute atomic E-state index is 0.469. The van der Waals surface area contributed by atoms with Gasteiger partial charge in [0.05, 0.1) is 0 Å². The van der Waals surface area contributed by atoms with Crippen molar-refractivity contribution in [1.29, 1.82) is 0 Å². The number of allylic oxidation sites excluding steroid dienone is 2. The first kappa shape index (κ1) is 11.3. The summed E-state index contributed by atoms with van der Waals surface area (Å²) in [6.07, 6.45) is -0.124. The zero-order valence-electron chi connectivity index (χ0n) is 7.22. The van der Waals surface area contributed by atoms with Crippen LogP contribution in [-0.2, 0) is 0 Å². The molecular formula is C6H8BF4NO2. The van der Waals surface area contributed by atoms with Crippen molar-refractivity contribution < 1.29 is 27.7 Å².